The lowest BCUT2D eigenvalue weighted by Gasteiger charge is -1.91. The van der Waals surface area contributed by atoms with Crippen LogP contribution in [0.1, 0.15) is 39.5 Å². The maximum Gasteiger partial charge on any atom is 0.187 e. The Kier molecular flexibility index (Phi) is 14.3. The van der Waals surface area contributed by atoms with Gasteiger partial charge in [0.05, 0.1) is 6.10 Å². The van der Waals surface area contributed by atoms with Crippen molar-refractivity contribution in [1.82, 2.24) is 5.32 Å². The van der Waals surface area contributed by atoms with Crippen LogP contribution in [0.5, 0.6) is 0 Å². The summed E-state index contributed by atoms with van der Waals surface area (Å²) < 4.78 is 0. The minimum absolute atomic E-state index is 0. The van der Waals surface area contributed by atoms with Gasteiger partial charge in [-0.1, -0.05) is 26.7 Å². The second-order valence-electron chi connectivity index (χ2n) is 2.90. The van der Waals surface area contributed by atoms with Crippen LogP contribution in [0.2, 0.25) is 0 Å². The lowest BCUT2D eigenvalue weighted by atomic mass is 10.3. The molecule has 74 valence electrons. The third kappa shape index (κ3) is 10.5. The van der Waals surface area contributed by atoms with Gasteiger partial charge in [-0.2, -0.15) is 0 Å². The predicted octanol–water partition coefficient (Wildman–Crippen LogP) is 0.353. The van der Waals surface area contributed by atoms with E-state index >= 15 is 0 Å². The summed E-state index contributed by atoms with van der Waals surface area (Å²) in [5.41, 5.74) is 0. The van der Waals surface area contributed by atoms with E-state index in [1.54, 1.807) is 0 Å². The van der Waals surface area contributed by atoms with Crippen molar-refractivity contribution < 1.29 is 5.11 Å². The van der Waals surface area contributed by atoms with E-state index in [0.29, 0.717) is 0 Å². The number of nitrogens with one attached hydrogen (secondary N) is 1. The molecule has 1 aliphatic rings. The topological polar surface area (TPSA) is 32.3 Å². The Morgan fingerprint density at radius 1 is 1.17 bits per heavy atom. The summed E-state index contributed by atoms with van der Waals surface area (Å²) in [6.07, 6.45) is 4.60. The molecule has 0 bridgehead atoms. The van der Waals surface area contributed by atoms with Gasteiger partial charge in [0.2, 0.25) is 0 Å². The molecule has 0 radical (unpaired) electrons. The molecule has 1 rings (SSSR count). The fraction of sp³-hybridized carbons (Fsp3) is 1.00. The van der Waals surface area contributed by atoms with Crippen molar-refractivity contribution in [3.63, 3.8) is 0 Å². The van der Waals surface area contributed by atoms with Gasteiger partial charge in [-0.05, 0) is 25.9 Å². The van der Waals surface area contributed by atoms with Gasteiger partial charge in [-0.15, -0.1) is 0 Å². The van der Waals surface area contributed by atoms with E-state index in [9.17, 15) is 0 Å². The largest absolute Gasteiger partial charge is 0.393 e. The first-order chi connectivity index (χ1) is 5.31. The molecule has 0 aromatic heterocycles. The summed E-state index contributed by atoms with van der Waals surface area (Å²) in [6.45, 7) is 6.39. The molecule has 1 saturated carbocycles. The van der Waals surface area contributed by atoms with Gasteiger partial charge in [-0.3, -0.25) is 0 Å². The Bertz CT molecular complexity index is 72.9. The molecule has 0 unspecified atom stereocenters. The predicted molar refractivity (Wildman–Crippen MR) is 58.6 cm³/mol. The van der Waals surface area contributed by atoms with E-state index in [4.69, 9.17) is 5.11 Å². The standard InChI is InChI=1S/C5H10O.C4H11N.Al.3H/c6-5-3-1-2-4-5;1-3-5-4-2;;;;/h5-6H,1-4H2;5H,3-4H2,1-2H3;;;;. The molecule has 0 aromatic rings. The quantitative estimate of drug-likeness (QED) is 0.614. The van der Waals surface area contributed by atoms with Crippen LogP contribution in [0, 0.1) is 0 Å². The van der Waals surface area contributed by atoms with E-state index in [-0.39, 0.29) is 23.5 Å². The molecule has 0 spiro atoms. The lowest BCUT2D eigenvalue weighted by molar-refractivity contribution is 0.183. The number of hydrogen-bond donors (Lipinski definition) is 2. The maximum atomic E-state index is 8.73. The number of rotatable bonds is 2. The third-order valence-electron chi connectivity index (χ3n) is 1.82. The SMILES string of the molecule is CCNCC.OC1CCCC1.[AlH3]. The van der Waals surface area contributed by atoms with Crippen LogP contribution in [0.4, 0.5) is 0 Å². The first kappa shape index (κ1) is 14.9. The molecule has 1 aliphatic carbocycles. The van der Waals surface area contributed by atoms with Crippen molar-refractivity contribution >= 4 is 17.4 Å². The highest BCUT2D eigenvalue weighted by atomic mass is 27.0. The van der Waals surface area contributed by atoms with E-state index in [0.717, 1.165) is 25.9 Å². The number of aliphatic hydroxyl groups is 1. The Labute approximate surface area is 86.9 Å². The molecule has 0 heterocycles. The molecule has 3 heteroatoms. The van der Waals surface area contributed by atoms with Crippen molar-refractivity contribution in [1.29, 1.82) is 0 Å². The van der Waals surface area contributed by atoms with Gasteiger partial charge < -0.3 is 10.4 Å². The molecule has 1 fully saturated rings. The molecule has 2 nitrogen and oxygen atoms in total. The van der Waals surface area contributed by atoms with E-state index in [2.05, 4.69) is 19.2 Å². The average Bonchev–Trinajstić information content (AvgIpc) is 2.43. The third-order valence-corrected chi connectivity index (χ3v) is 1.82. The van der Waals surface area contributed by atoms with Gasteiger partial charge >= 0.3 is 0 Å². The molecule has 0 saturated heterocycles. The zero-order valence-electron chi connectivity index (χ0n) is 7.77. The summed E-state index contributed by atoms with van der Waals surface area (Å²) >= 11 is 0. The second-order valence-corrected chi connectivity index (χ2v) is 2.90. The van der Waals surface area contributed by atoms with E-state index in [1.807, 2.05) is 0 Å². The van der Waals surface area contributed by atoms with Gasteiger partial charge in [0.1, 0.15) is 0 Å². The zero-order valence-corrected chi connectivity index (χ0v) is 7.77. The first-order valence-corrected chi connectivity index (χ1v) is 4.70. The number of hydrogen-bond acceptors (Lipinski definition) is 2. The highest BCUT2D eigenvalue weighted by Crippen LogP contribution is 2.16. The number of aliphatic hydroxyl groups excluding tert-OH is 1. The molecule has 0 aliphatic heterocycles. The van der Waals surface area contributed by atoms with Crippen LogP contribution < -0.4 is 5.32 Å². The summed E-state index contributed by atoms with van der Waals surface area (Å²) in [7, 11) is 0. The zero-order chi connectivity index (χ0) is 8.53. The summed E-state index contributed by atoms with van der Waals surface area (Å²) in [4.78, 5) is 0. The van der Waals surface area contributed by atoms with E-state index < -0.39 is 0 Å². The van der Waals surface area contributed by atoms with Crippen LogP contribution in [0.3, 0.4) is 0 Å². The fourth-order valence-corrected chi connectivity index (χ4v) is 1.15. The Morgan fingerprint density at radius 3 is 1.67 bits per heavy atom. The van der Waals surface area contributed by atoms with Crippen LogP contribution in [0.25, 0.3) is 0 Å². The van der Waals surface area contributed by atoms with Crippen LogP contribution in [-0.4, -0.2) is 41.7 Å². The second kappa shape index (κ2) is 11.5. The lowest BCUT2D eigenvalue weighted by Crippen LogP contribution is -2.09. The smallest absolute Gasteiger partial charge is 0.187 e. The normalized spacial score (nSPS) is 16.2. The van der Waals surface area contributed by atoms with Gasteiger partial charge in [0.15, 0.2) is 17.4 Å². The minimum atomic E-state index is 0. The molecular weight excluding hydrogens is 165 g/mol. The van der Waals surface area contributed by atoms with Crippen LogP contribution >= 0.6 is 0 Å². The molecule has 0 aromatic carbocycles. The van der Waals surface area contributed by atoms with Crippen LogP contribution in [0.15, 0.2) is 0 Å². The van der Waals surface area contributed by atoms with E-state index in [1.165, 1.54) is 12.8 Å². The monoisotopic (exact) mass is 189 g/mol. The highest BCUT2D eigenvalue weighted by Gasteiger charge is 2.09. The van der Waals surface area contributed by atoms with Crippen molar-refractivity contribution in [3.05, 3.63) is 0 Å². The van der Waals surface area contributed by atoms with Crippen molar-refractivity contribution in [2.45, 2.75) is 45.6 Å². The highest BCUT2D eigenvalue weighted by molar-refractivity contribution is 5.75. The fourth-order valence-electron chi connectivity index (χ4n) is 1.15. The molecular formula is C9H24AlNO. The van der Waals surface area contributed by atoms with Crippen molar-refractivity contribution in [2.24, 2.45) is 0 Å². The van der Waals surface area contributed by atoms with Crippen molar-refractivity contribution in [3.8, 4) is 0 Å². The Morgan fingerprint density at radius 2 is 1.58 bits per heavy atom. The van der Waals surface area contributed by atoms with Crippen molar-refractivity contribution in [2.75, 3.05) is 13.1 Å². The first-order valence-electron chi connectivity index (χ1n) is 4.70. The average molecular weight is 189 g/mol. The molecule has 2 N–H and O–H groups in total. The van der Waals surface area contributed by atoms with Gasteiger partial charge in [0.25, 0.3) is 0 Å². The van der Waals surface area contributed by atoms with Gasteiger partial charge in [-0.25, -0.2) is 0 Å². The Balaban J connectivity index is 0. The van der Waals surface area contributed by atoms with Crippen LogP contribution in [-0.2, 0) is 0 Å². The molecule has 0 atom stereocenters. The van der Waals surface area contributed by atoms with Gasteiger partial charge in [0, 0.05) is 0 Å². The summed E-state index contributed by atoms with van der Waals surface area (Å²) in [5.74, 6) is 0. The minimum Gasteiger partial charge on any atom is -0.393 e. The maximum absolute atomic E-state index is 8.73. The Hall–Kier alpha value is 0.452. The summed E-state index contributed by atoms with van der Waals surface area (Å²) in [6, 6.07) is 0. The molecule has 0 amide bonds. The summed E-state index contributed by atoms with van der Waals surface area (Å²) in [5, 5.41) is 11.8. The molecule has 12 heavy (non-hydrogen) atoms.